The zero-order chi connectivity index (χ0) is 22.3. The first-order chi connectivity index (χ1) is 14.7. The number of benzene rings is 2. The minimum atomic E-state index is -1.38. The van der Waals surface area contributed by atoms with Crippen LogP contribution in [0.1, 0.15) is 30.3 Å². The number of nitrogens with one attached hydrogen (secondary N) is 1. The average molecular weight is 416 g/mol. The Hall–Kier alpha value is -4.19. The first-order valence-electron chi connectivity index (χ1n) is 9.58. The maximum absolute atomic E-state index is 12.5. The van der Waals surface area contributed by atoms with Gasteiger partial charge in [0.2, 0.25) is 11.9 Å². The molecule has 9 heteroatoms. The number of carbonyl (C=O) groups is 2. The molecule has 1 saturated heterocycles. The molecule has 0 aliphatic carbocycles. The van der Waals surface area contributed by atoms with Crippen LogP contribution in [0.5, 0.6) is 0 Å². The number of carboxylic acid groups (broad SMARTS) is 1. The second-order valence-corrected chi connectivity index (χ2v) is 7.66. The third-order valence-electron chi connectivity index (χ3n) is 5.48. The van der Waals surface area contributed by atoms with Crippen LogP contribution in [0.4, 0.5) is 4.79 Å². The van der Waals surface area contributed by atoms with Gasteiger partial charge in [-0.05, 0) is 49.7 Å². The molecule has 0 unspecified atom stereocenters. The lowest BCUT2D eigenvalue weighted by Crippen LogP contribution is -2.58. The monoisotopic (exact) mass is 416 g/mol. The molecule has 0 radical (unpaired) electrons. The van der Waals surface area contributed by atoms with E-state index in [0.29, 0.717) is 5.56 Å². The molecule has 3 aromatic rings. The fraction of sp³-hybridized carbons (Fsp3) is 0.227. The number of aromatic nitrogens is 2. The van der Waals surface area contributed by atoms with E-state index in [2.05, 4.69) is 21.4 Å². The van der Waals surface area contributed by atoms with Crippen LogP contribution in [-0.4, -0.2) is 44.6 Å². The summed E-state index contributed by atoms with van der Waals surface area (Å²) in [6.45, 7) is 3.72. The van der Waals surface area contributed by atoms with Crippen molar-refractivity contribution in [2.24, 2.45) is 4.99 Å². The number of rotatable bonds is 2. The second-order valence-electron chi connectivity index (χ2n) is 7.66. The highest BCUT2D eigenvalue weighted by Gasteiger charge is 2.39. The Morgan fingerprint density at radius 3 is 2.81 bits per heavy atom. The Bertz CT molecular complexity index is 1300. The van der Waals surface area contributed by atoms with E-state index in [9.17, 15) is 9.59 Å². The highest BCUT2D eigenvalue weighted by molar-refractivity contribution is 6.03. The molecule has 1 aliphatic heterocycles. The van der Waals surface area contributed by atoms with E-state index in [1.807, 2.05) is 48.7 Å². The maximum atomic E-state index is 12.5. The largest absolute Gasteiger partial charge is 0.463 e. The van der Waals surface area contributed by atoms with Crippen molar-refractivity contribution in [3.8, 4) is 11.8 Å². The minimum absolute atomic E-state index is 0.00931. The van der Waals surface area contributed by atoms with Crippen molar-refractivity contribution < 1.29 is 14.7 Å². The Morgan fingerprint density at radius 1 is 1.32 bits per heavy atom. The molecule has 0 bridgehead atoms. The first kappa shape index (κ1) is 20.1. The number of hydrogen-bond donors (Lipinski definition) is 2. The van der Waals surface area contributed by atoms with Crippen molar-refractivity contribution in [1.29, 1.82) is 5.26 Å². The van der Waals surface area contributed by atoms with Gasteiger partial charge in [-0.1, -0.05) is 12.1 Å². The molecule has 9 nitrogen and oxygen atoms in total. The molecule has 31 heavy (non-hydrogen) atoms. The lowest BCUT2D eigenvalue weighted by molar-refractivity contribution is -0.129. The topological polar surface area (TPSA) is 124 Å². The lowest BCUT2D eigenvalue weighted by Gasteiger charge is -2.40. The van der Waals surface area contributed by atoms with Crippen molar-refractivity contribution in [2.75, 3.05) is 7.05 Å². The molecule has 0 saturated carbocycles. The molecule has 0 spiro atoms. The van der Waals surface area contributed by atoms with E-state index in [1.165, 1.54) is 11.9 Å². The van der Waals surface area contributed by atoms with Gasteiger partial charge in [0.05, 0.1) is 34.6 Å². The van der Waals surface area contributed by atoms with Gasteiger partial charge in [0.1, 0.15) is 5.82 Å². The van der Waals surface area contributed by atoms with Crippen LogP contribution in [0.2, 0.25) is 0 Å². The van der Waals surface area contributed by atoms with E-state index in [1.54, 1.807) is 12.1 Å². The molecular weight excluding hydrogens is 396 g/mol. The summed E-state index contributed by atoms with van der Waals surface area (Å²) >= 11 is 0. The number of carbonyl (C=O) groups excluding carboxylic acids is 1. The van der Waals surface area contributed by atoms with Gasteiger partial charge in [-0.3, -0.25) is 14.3 Å². The van der Waals surface area contributed by atoms with Crippen LogP contribution >= 0.6 is 0 Å². The van der Waals surface area contributed by atoms with E-state index < -0.39 is 11.6 Å². The highest BCUT2D eigenvalue weighted by atomic mass is 16.4. The molecule has 1 aromatic heterocycles. The summed E-state index contributed by atoms with van der Waals surface area (Å²) in [5.41, 5.74) is 2.92. The van der Waals surface area contributed by atoms with Gasteiger partial charge in [0.25, 0.3) is 0 Å². The second kappa shape index (κ2) is 7.25. The van der Waals surface area contributed by atoms with Gasteiger partial charge in [-0.15, -0.1) is 4.99 Å². The van der Waals surface area contributed by atoms with Crippen molar-refractivity contribution in [2.45, 2.75) is 25.8 Å². The van der Waals surface area contributed by atoms with Crippen LogP contribution in [0.15, 0.2) is 47.5 Å². The molecule has 2 aromatic carbocycles. The number of nitrogens with zero attached hydrogens (tertiary/aromatic N) is 5. The number of amides is 2. The zero-order valence-electron chi connectivity index (χ0n) is 17.2. The quantitative estimate of drug-likeness (QED) is 0.662. The fourth-order valence-electron chi connectivity index (χ4n) is 3.87. The predicted octanol–water partition coefficient (Wildman–Crippen LogP) is 2.91. The third-order valence-corrected chi connectivity index (χ3v) is 5.48. The Kier molecular flexibility index (Phi) is 4.70. The van der Waals surface area contributed by atoms with Crippen LogP contribution in [0, 0.1) is 18.3 Å². The van der Waals surface area contributed by atoms with E-state index in [4.69, 9.17) is 10.4 Å². The van der Waals surface area contributed by atoms with E-state index in [-0.39, 0.29) is 18.3 Å². The number of hydrogen-bond acceptors (Lipinski definition) is 4. The molecule has 1 aliphatic rings. The van der Waals surface area contributed by atoms with Crippen LogP contribution in [-0.2, 0) is 10.3 Å². The number of nitriles is 1. The number of imidazole rings is 1. The summed E-state index contributed by atoms with van der Waals surface area (Å²) in [6.07, 6.45) is -1.24. The Labute approximate surface area is 178 Å². The summed E-state index contributed by atoms with van der Waals surface area (Å²) in [5.74, 6) is 0.512. The lowest BCUT2D eigenvalue weighted by atomic mass is 9.86. The standard InChI is InChI=1S/C22H20N6O3/c1-13-24-17-9-14(12-23)7-8-18(17)28(13)16-6-4-5-15(10-16)22(2)11-19(29)27(3)20(26-22)25-21(30)31/h4-10H,11H2,1-3H3,(H,25,26)(H,30,31)/t22-/m0/s1. The van der Waals surface area contributed by atoms with Gasteiger partial charge in [-0.2, -0.15) is 5.26 Å². The predicted molar refractivity (Wildman–Crippen MR) is 114 cm³/mol. The van der Waals surface area contributed by atoms with Crippen LogP contribution < -0.4 is 5.32 Å². The number of fused-ring (bicyclic) bond motifs is 1. The van der Waals surface area contributed by atoms with Gasteiger partial charge >= 0.3 is 6.09 Å². The molecule has 2 amide bonds. The molecule has 1 fully saturated rings. The third kappa shape index (κ3) is 3.48. The van der Waals surface area contributed by atoms with E-state index in [0.717, 1.165) is 28.1 Å². The number of guanidine groups is 1. The Morgan fingerprint density at radius 2 is 2.10 bits per heavy atom. The molecule has 2 heterocycles. The smallest absolute Gasteiger partial charge is 0.434 e. The fourth-order valence-corrected chi connectivity index (χ4v) is 3.87. The summed E-state index contributed by atoms with van der Waals surface area (Å²) in [5, 5.41) is 21.3. The molecule has 1 atom stereocenters. The van der Waals surface area contributed by atoms with Crippen LogP contribution in [0.25, 0.3) is 16.7 Å². The number of aliphatic imine (C=N–C) groups is 1. The van der Waals surface area contributed by atoms with Crippen molar-refractivity contribution >= 4 is 29.0 Å². The van der Waals surface area contributed by atoms with Crippen molar-refractivity contribution in [3.05, 3.63) is 59.4 Å². The SMILES string of the molecule is Cc1nc2cc(C#N)ccc2n1-c1cccc([C@]2(C)CC(=O)N(C)/C(=N/C(=O)O)N2)c1. The Balaban J connectivity index is 1.80. The molecule has 4 rings (SSSR count). The highest BCUT2D eigenvalue weighted by Crippen LogP contribution is 2.31. The average Bonchev–Trinajstić information content (AvgIpc) is 3.06. The van der Waals surface area contributed by atoms with Crippen molar-refractivity contribution in [3.63, 3.8) is 0 Å². The summed E-state index contributed by atoms with van der Waals surface area (Å²) in [4.78, 5) is 32.9. The molecule has 2 N–H and O–H groups in total. The minimum Gasteiger partial charge on any atom is -0.463 e. The number of aryl methyl sites for hydroxylation is 1. The van der Waals surface area contributed by atoms with E-state index >= 15 is 0 Å². The van der Waals surface area contributed by atoms with Gasteiger partial charge in [0, 0.05) is 12.7 Å². The van der Waals surface area contributed by atoms with Crippen LogP contribution in [0.3, 0.4) is 0 Å². The molecule has 156 valence electrons. The van der Waals surface area contributed by atoms with Crippen molar-refractivity contribution in [1.82, 2.24) is 19.8 Å². The van der Waals surface area contributed by atoms with Gasteiger partial charge < -0.3 is 10.4 Å². The van der Waals surface area contributed by atoms with Gasteiger partial charge in [0.15, 0.2) is 0 Å². The normalized spacial score (nSPS) is 20.0. The summed E-state index contributed by atoms with van der Waals surface area (Å²) in [7, 11) is 1.49. The summed E-state index contributed by atoms with van der Waals surface area (Å²) in [6, 6.07) is 15.1. The first-order valence-corrected chi connectivity index (χ1v) is 9.58. The maximum Gasteiger partial charge on any atom is 0.434 e. The molecular formula is C22H20N6O3. The summed E-state index contributed by atoms with van der Waals surface area (Å²) < 4.78 is 1.98. The zero-order valence-corrected chi connectivity index (χ0v) is 17.2. The van der Waals surface area contributed by atoms with Gasteiger partial charge in [-0.25, -0.2) is 9.78 Å².